The molecule has 0 saturated carbocycles. The largest absolute Gasteiger partial charge is 0.294 e. The van der Waals surface area contributed by atoms with Gasteiger partial charge in [0, 0.05) is 19.2 Å². The maximum Gasteiger partial charge on any atom is 0.166 e. The lowest BCUT2D eigenvalue weighted by molar-refractivity contribution is 0.0979. The molecule has 0 radical (unpaired) electrons. The summed E-state index contributed by atoms with van der Waals surface area (Å²) in [7, 11) is 0. The van der Waals surface area contributed by atoms with Crippen molar-refractivity contribution in [3.63, 3.8) is 0 Å². The lowest BCUT2D eigenvalue weighted by Crippen LogP contribution is -1.99. The van der Waals surface area contributed by atoms with Crippen LogP contribution in [0.2, 0.25) is 0 Å². The first-order valence-electron chi connectivity index (χ1n) is 8.83. The number of hydrogen-bond donors (Lipinski definition) is 0. The number of nitrogens with zero attached hydrogens (tertiary/aromatic N) is 2. The monoisotopic (exact) mass is 292 g/mol. The van der Waals surface area contributed by atoms with E-state index >= 15 is 0 Å². The van der Waals surface area contributed by atoms with Crippen molar-refractivity contribution in [2.24, 2.45) is 0 Å². The van der Waals surface area contributed by atoms with Crippen LogP contribution in [0.1, 0.15) is 94.8 Å². The number of unbranched alkanes of at least 4 members (excludes halogenated alkanes) is 8. The molecule has 0 aliphatic heterocycles. The summed E-state index contributed by atoms with van der Waals surface area (Å²) in [5.74, 6) is 0.250. The third-order valence-corrected chi connectivity index (χ3v) is 3.92. The Kier molecular flexibility index (Phi) is 9.84. The minimum atomic E-state index is 0.250. The van der Waals surface area contributed by atoms with Gasteiger partial charge < -0.3 is 0 Å². The van der Waals surface area contributed by atoms with Crippen LogP contribution in [0.5, 0.6) is 0 Å². The van der Waals surface area contributed by atoms with Crippen LogP contribution in [-0.2, 0) is 6.54 Å². The van der Waals surface area contributed by atoms with Crippen LogP contribution >= 0.6 is 0 Å². The predicted octanol–water partition coefficient (Wildman–Crippen LogP) is 5.40. The van der Waals surface area contributed by atoms with E-state index in [0.717, 1.165) is 24.9 Å². The zero-order valence-electron chi connectivity index (χ0n) is 13.9. The highest BCUT2D eigenvalue weighted by Gasteiger charge is 2.08. The molecule has 0 N–H and O–H groups in total. The fourth-order valence-electron chi connectivity index (χ4n) is 2.60. The van der Waals surface area contributed by atoms with Gasteiger partial charge in [0.25, 0.3) is 0 Å². The van der Waals surface area contributed by atoms with E-state index in [0.29, 0.717) is 6.42 Å². The normalized spacial score (nSPS) is 11.0. The molecule has 1 heterocycles. The summed E-state index contributed by atoms with van der Waals surface area (Å²) in [6.45, 7) is 5.26. The molecule has 0 aliphatic rings. The Bertz CT molecular complexity index is 384. The standard InChI is InChI=1S/C18H32N2O/c1-3-5-6-7-8-9-10-11-12-13-18(21)17-15-19-20(16-17)14-4-2/h15-16H,3-14H2,1-2H3. The van der Waals surface area contributed by atoms with E-state index in [1.165, 1.54) is 51.4 Å². The Balaban J connectivity index is 2.02. The van der Waals surface area contributed by atoms with Crippen molar-refractivity contribution < 1.29 is 4.79 Å². The third-order valence-electron chi connectivity index (χ3n) is 3.92. The van der Waals surface area contributed by atoms with Gasteiger partial charge >= 0.3 is 0 Å². The molecule has 0 aromatic carbocycles. The smallest absolute Gasteiger partial charge is 0.166 e. The maximum absolute atomic E-state index is 12.0. The fourth-order valence-corrected chi connectivity index (χ4v) is 2.60. The Morgan fingerprint density at radius 3 is 2.19 bits per heavy atom. The number of carbonyl (C=O) groups is 1. The van der Waals surface area contributed by atoms with Gasteiger partial charge in [-0.3, -0.25) is 9.48 Å². The second kappa shape index (κ2) is 11.5. The molecule has 1 aromatic rings. The van der Waals surface area contributed by atoms with E-state index in [-0.39, 0.29) is 5.78 Å². The first kappa shape index (κ1) is 17.9. The van der Waals surface area contributed by atoms with E-state index in [1.807, 2.05) is 10.9 Å². The molecule has 0 fully saturated rings. The average Bonchev–Trinajstić information content (AvgIpc) is 2.94. The molecule has 1 rings (SSSR count). The summed E-state index contributed by atoms with van der Waals surface area (Å²) < 4.78 is 1.86. The molecular formula is C18H32N2O. The Labute approximate surface area is 130 Å². The van der Waals surface area contributed by atoms with Gasteiger partial charge in [-0.25, -0.2) is 0 Å². The van der Waals surface area contributed by atoms with Gasteiger partial charge in [0.2, 0.25) is 0 Å². The van der Waals surface area contributed by atoms with E-state index in [1.54, 1.807) is 6.20 Å². The highest BCUT2D eigenvalue weighted by molar-refractivity contribution is 5.95. The molecule has 0 saturated heterocycles. The molecule has 0 amide bonds. The first-order chi connectivity index (χ1) is 10.3. The Morgan fingerprint density at radius 1 is 0.952 bits per heavy atom. The number of hydrogen-bond acceptors (Lipinski definition) is 2. The number of rotatable bonds is 13. The van der Waals surface area contributed by atoms with Gasteiger partial charge in [-0.05, 0) is 12.8 Å². The minimum absolute atomic E-state index is 0.250. The van der Waals surface area contributed by atoms with Crippen LogP contribution in [0, 0.1) is 0 Å². The quantitative estimate of drug-likeness (QED) is 0.360. The van der Waals surface area contributed by atoms with Crippen LogP contribution in [-0.4, -0.2) is 15.6 Å². The average molecular weight is 292 g/mol. The van der Waals surface area contributed by atoms with Crippen molar-refractivity contribution in [2.45, 2.75) is 91.0 Å². The second-order valence-electron chi connectivity index (χ2n) is 5.99. The third kappa shape index (κ3) is 8.03. The maximum atomic E-state index is 12.0. The highest BCUT2D eigenvalue weighted by Crippen LogP contribution is 2.12. The van der Waals surface area contributed by atoms with E-state index in [9.17, 15) is 4.79 Å². The van der Waals surface area contributed by atoms with Crippen LogP contribution in [0.15, 0.2) is 12.4 Å². The first-order valence-corrected chi connectivity index (χ1v) is 8.83. The number of carbonyl (C=O) groups excluding carboxylic acids is 1. The zero-order chi connectivity index (χ0) is 15.3. The van der Waals surface area contributed by atoms with Crippen molar-refractivity contribution in [1.82, 2.24) is 9.78 Å². The summed E-state index contributed by atoms with van der Waals surface area (Å²) in [5, 5.41) is 4.22. The van der Waals surface area contributed by atoms with Gasteiger partial charge in [-0.15, -0.1) is 0 Å². The lowest BCUT2D eigenvalue weighted by atomic mass is 10.0. The van der Waals surface area contributed by atoms with Crippen LogP contribution in [0.25, 0.3) is 0 Å². The number of ketones is 1. The van der Waals surface area contributed by atoms with Gasteiger partial charge in [0.15, 0.2) is 5.78 Å². The lowest BCUT2D eigenvalue weighted by Gasteiger charge is -2.01. The Hall–Kier alpha value is -1.12. The molecule has 0 atom stereocenters. The summed E-state index contributed by atoms with van der Waals surface area (Å²) in [4.78, 5) is 12.0. The second-order valence-corrected chi connectivity index (χ2v) is 5.99. The van der Waals surface area contributed by atoms with Crippen LogP contribution in [0.3, 0.4) is 0 Å². The molecule has 3 nitrogen and oxygen atoms in total. The van der Waals surface area contributed by atoms with Crippen molar-refractivity contribution in [3.8, 4) is 0 Å². The Morgan fingerprint density at radius 2 is 1.57 bits per heavy atom. The predicted molar refractivity (Wildman–Crippen MR) is 88.7 cm³/mol. The van der Waals surface area contributed by atoms with E-state index < -0.39 is 0 Å². The summed E-state index contributed by atoms with van der Waals surface area (Å²) in [6.07, 6.45) is 16.9. The van der Waals surface area contributed by atoms with Crippen molar-refractivity contribution in [3.05, 3.63) is 18.0 Å². The van der Waals surface area contributed by atoms with Gasteiger partial charge in [0.05, 0.1) is 11.8 Å². The topological polar surface area (TPSA) is 34.9 Å². The van der Waals surface area contributed by atoms with Gasteiger partial charge in [0.1, 0.15) is 0 Å². The molecule has 0 aliphatic carbocycles. The molecule has 1 aromatic heterocycles. The van der Waals surface area contributed by atoms with Crippen molar-refractivity contribution >= 4 is 5.78 Å². The molecule has 21 heavy (non-hydrogen) atoms. The van der Waals surface area contributed by atoms with E-state index in [2.05, 4.69) is 18.9 Å². The summed E-state index contributed by atoms with van der Waals surface area (Å²) >= 11 is 0. The fraction of sp³-hybridized carbons (Fsp3) is 0.778. The molecular weight excluding hydrogens is 260 g/mol. The zero-order valence-corrected chi connectivity index (χ0v) is 13.9. The summed E-state index contributed by atoms with van der Waals surface area (Å²) in [6, 6.07) is 0. The summed E-state index contributed by atoms with van der Waals surface area (Å²) in [5.41, 5.74) is 0.781. The number of Topliss-reactive ketones (excluding diaryl/α,β-unsaturated/α-hetero) is 1. The molecule has 0 spiro atoms. The molecule has 0 bridgehead atoms. The van der Waals surface area contributed by atoms with Crippen molar-refractivity contribution in [1.29, 1.82) is 0 Å². The van der Waals surface area contributed by atoms with Crippen LogP contribution < -0.4 is 0 Å². The SMILES string of the molecule is CCCCCCCCCCCC(=O)c1cnn(CCC)c1. The molecule has 3 heteroatoms. The van der Waals surface area contributed by atoms with Crippen molar-refractivity contribution in [2.75, 3.05) is 0 Å². The number of aryl methyl sites for hydroxylation is 1. The van der Waals surface area contributed by atoms with Crippen LogP contribution in [0.4, 0.5) is 0 Å². The van der Waals surface area contributed by atoms with E-state index in [4.69, 9.17) is 0 Å². The molecule has 0 unspecified atom stereocenters. The minimum Gasteiger partial charge on any atom is -0.294 e. The molecule has 120 valence electrons. The highest BCUT2D eigenvalue weighted by atomic mass is 16.1. The van der Waals surface area contributed by atoms with Gasteiger partial charge in [-0.2, -0.15) is 5.10 Å². The number of aromatic nitrogens is 2. The van der Waals surface area contributed by atoms with Gasteiger partial charge in [-0.1, -0.05) is 65.2 Å².